The maximum atomic E-state index is 12.4. The highest BCUT2D eigenvalue weighted by Crippen LogP contribution is 2.21. The highest BCUT2D eigenvalue weighted by atomic mass is 17.2. The topological polar surface area (TPSA) is 112 Å². The molecule has 0 aromatic carbocycles. The Morgan fingerprint density at radius 3 is 2.32 bits per heavy atom. The molecule has 1 N–H and O–H groups in total. The van der Waals surface area contributed by atoms with Crippen LogP contribution < -0.4 is 0 Å². The fraction of sp³-hybridized carbons (Fsp3) is 0.769. The third-order valence-electron chi connectivity index (χ3n) is 3.52. The van der Waals surface area contributed by atoms with Crippen LogP contribution in [0.5, 0.6) is 0 Å². The third kappa shape index (κ3) is 4.39. The van der Waals surface area contributed by atoms with Crippen molar-refractivity contribution in [2.75, 3.05) is 27.9 Å². The number of hydrogen-bond acceptors (Lipinski definition) is 7. The van der Waals surface area contributed by atoms with Gasteiger partial charge in [-0.25, -0.2) is 9.59 Å². The molecule has 0 bridgehead atoms. The molecule has 1 amide bonds. The number of amides is 1. The Bertz CT molecular complexity index is 413. The summed E-state index contributed by atoms with van der Waals surface area (Å²) in [6.07, 6.45) is -1.15. The van der Waals surface area contributed by atoms with E-state index in [2.05, 4.69) is 9.78 Å². The summed E-state index contributed by atoms with van der Waals surface area (Å²) >= 11 is 0. The van der Waals surface area contributed by atoms with Gasteiger partial charge in [0.25, 0.3) is 5.91 Å². The number of ether oxygens (including phenoxy) is 2. The molecule has 126 valence electrons. The van der Waals surface area contributed by atoms with Crippen LogP contribution in [0.4, 0.5) is 0 Å². The van der Waals surface area contributed by atoms with Gasteiger partial charge in [-0.2, -0.15) is 4.89 Å². The van der Waals surface area contributed by atoms with E-state index >= 15 is 0 Å². The number of methoxy groups -OCH3 is 2. The van der Waals surface area contributed by atoms with Gasteiger partial charge in [0.05, 0.1) is 7.11 Å². The number of likely N-dealkylation sites (tertiary alicyclic amines) is 1. The molecule has 0 aromatic heterocycles. The van der Waals surface area contributed by atoms with Crippen molar-refractivity contribution < 1.29 is 38.7 Å². The van der Waals surface area contributed by atoms with E-state index < -0.39 is 36.1 Å². The molecule has 0 aliphatic carbocycles. The van der Waals surface area contributed by atoms with Crippen LogP contribution in [0.25, 0.3) is 0 Å². The van der Waals surface area contributed by atoms with Crippen LogP contribution in [0, 0.1) is 0 Å². The van der Waals surface area contributed by atoms with Crippen molar-refractivity contribution in [3.8, 4) is 0 Å². The first-order chi connectivity index (χ1) is 10.5. The maximum absolute atomic E-state index is 12.4. The zero-order valence-electron chi connectivity index (χ0n) is 12.8. The third-order valence-corrected chi connectivity index (χ3v) is 3.52. The standard InChI is InChI=1S/C13H21NO8/c1-19-9(7-10(20-2)13(18)22-21-3)11(15)14-6-4-5-8(14)12(16)17/h8-10H,4-7H2,1-3H3,(H,16,17)/t8-,9+,10?/m0/s1. The first kappa shape index (κ1) is 18.3. The lowest BCUT2D eigenvalue weighted by Gasteiger charge is -2.27. The van der Waals surface area contributed by atoms with Crippen LogP contribution in [0.2, 0.25) is 0 Å². The average Bonchev–Trinajstić information content (AvgIpc) is 2.97. The maximum Gasteiger partial charge on any atom is 0.370 e. The van der Waals surface area contributed by atoms with E-state index in [1.807, 2.05) is 0 Å². The lowest BCUT2D eigenvalue weighted by atomic mass is 10.1. The summed E-state index contributed by atoms with van der Waals surface area (Å²) in [5.74, 6) is -2.33. The highest BCUT2D eigenvalue weighted by molar-refractivity contribution is 5.87. The molecule has 1 rings (SSSR count). The van der Waals surface area contributed by atoms with Crippen molar-refractivity contribution in [1.82, 2.24) is 4.90 Å². The van der Waals surface area contributed by atoms with E-state index in [4.69, 9.17) is 14.6 Å². The second kappa shape index (κ2) is 8.66. The van der Waals surface area contributed by atoms with Gasteiger partial charge in [0.15, 0.2) is 6.10 Å². The second-order valence-electron chi connectivity index (χ2n) is 4.78. The number of carbonyl (C=O) groups is 3. The largest absolute Gasteiger partial charge is 0.480 e. The molecule has 1 unspecified atom stereocenters. The number of nitrogens with zero attached hydrogens (tertiary/aromatic N) is 1. The van der Waals surface area contributed by atoms with Crippen LogP contribution in [0.1, 0.15) is 19.3 Å². The van der Waals surface area contributed by atoms with Gasteiger partial charge in [0, 0.05) is 27.2 Å². The number of aliphatic carboxylic acids is 1. The molecule has 0 saturated carbocycles. The Kier molecular flexibility index (Phi) is 7.22. The molecule has 1 aliphatic rings. The average molecular weight is 319 g/mol. The van der Waals surface area contributed by atoms with Gasteiger partial charge in [-0.3, -0.25) is 9.68 Å². The minimum Gasteiger partial charge on any atom is -0.480 e. The summed E-state index contributed by atoms with van der Waals surface area (Å²) in [6.45, 7) is 0.343. The summed E-state index contributed by atoms with van der Waals surface area (Å²) in [7, 11) is 3.77. The SMILES string of the molecule is COOC(=O)C(C[C@@H](OC)C(=O)N1CCC[C@H]1C(=O)O)OC. The second-order valence-corrected chi connectivity index (χ2v) is 4.78. The Labute approximate surface area is 128 Å². The van der Waals surface area contributed by atoms with Crippen LogP contribution in [0.15, 0.2) is 0 Å². The predicted octanol–water partition coefficient (Wildman–Crippen LogP) is -0.413. The Hall–Kier alpha value is -1.71. The van der Waals surface area contributed by atoms with Crippen LogP contribution in [-0.2, 0) is 33.6 Å². The van der Waals surface area contributed by atoms with Crippen LogP contribution in [-0.4, -0.2) is 74.0 Å². The molecule has 1 saturated heterocycles. The molecule has 9 heteroatoms. The van der Waals surface area contributed by atoms with Gasteiger partial charge in [0.2, 0.25) is 0 Å². The summed E-state index contributed by atoms with van der Waals surface area (Å²) in [5.41, 5.74) is 0. The fourth-order valence-corrected chi connectivity index (χ4v) is 2.39. The minimum atomic E-state index is -1.06. The van der Waals surface area contributed by atoms with Gasteiger partial charge in [-0.1, -0.05) is 0 Å². The van der Waals surface area contributed by atoms with E-state index in [1.54, 1.807) is 0 Å². The fourth-order valence-electron chi connectivity index (χ4n) is 2.39. The Balaban J connectivity index is 2.75. The van der Waals surface area contributed by atoms with Crippen molar-refractivity contribution in [2.24, 2.45) is 0 Å². The molecule has 1 aliphatic heterocycles. The molecule has 0 aromatic rings. The zero-order valence-corrected chi connectivity index (χ0v) is 12.8. The molecule has 22 heavy (non-hydrogen) atoms. The Morgan fingerprint density at radius 1 is 1.18 bits per heavy atom. The van der Waals surface area contributed by atoms with Gasteiger partial charge in [-0.15, -0.1) is 0 Å². The summed E-state index contributed by atoms with van der Waals surface area (Å²) in [6, 6.07) is -0.864. The zero-order chi connectivity index (χ0) is 16.7. The smallest absolute Gasteiger partial charge is 0.370 e. The number of rotatable bonds is 8. The van der Waals surface area contributed by atoms with Crippen molar-refractivity contribution in [3.05, 3.63) is 0 Å². The number of carbonyl (C=O) groups excluding carboxylic acids is 2. The first-order valence-electron chi connectivity index (χ1n) is 6.79. The molecule has 9 nitrogen and oxygen atoms in total. The van der Waals surface area contributed by atoms with Crippen LogP contribution in [0.3, 0.4) is 0 Å². The van der Waals surface area contributed by atoms with Crippen molar-refractivity contribution in [1.29, 1.82) is 0 Å². The normalized spacial score (nSPS) is 20.5. The van der Waals surface area contributed by atoms with E-state index in [0.717, 1.165) is 0 Å². The highest BCUT2D eigenvalue weighted by Gasteiger charge is 2.39. The van der Waals surface area contributed by atoms with Crippen molar-refractivity contribution >= 4 is 17.8 Å². The summed E-state index contributed by atoms with van der Waals surface area (Å²) in [5, 5.41) is 9.12. The van der Waals surface area contributed by atoms with Gasteiger partial charge in [0.1, 0.15) is 12.1 Å². The number of hydrogen-bond donors (Lipinski definition) is 1. The molecular formula is C13H21NO8. The van der Waals surface area contributed by atoms with E-state index in [1.165, 1.54) is 26.2 Å². The van der Waals surface area contributed by atoms with Gasteiger partial charge < -0.3 is 19.5 Å². The molecule has 0 radical (unpaired) electrons. The Morgan fingerprint density at radius 2 is 1.82 bits per heavy atom. The quantitative estimate of drug-likeness (QED) is 0.474. The molecule has 0 spiro atoms. The first-order valence-corrected chi connectivity index (χ1v) is 6.79. The molecular weight excluding hydrogens is 298 g/mol. The van der Waals surface area contributed by atoms with E-state index in [9.17, 15) is 14.4 Å². The van der Waals surface area contributed by atoms with E-state index in [0.29, 0.717) is 19.4 Å². The van der Waals surface area contributed by atoms with Crippen molar-refractivity contribution in [3.63, 3.8) is 0 Å². The van der Waals surface area contributed by atoms with E-state index in [-0.39, 0.29) is 6.42 Å². The predicted molar refractivity (Wildman–Crippen MR) is 71.7 cm³/mol. The number of carboxylic acids is 1. The molecule has 3 atom stereocenters. The van der Waals surface area contributed by atoms with Gasteiger partial charge in [-0.05, 0) is 12.8 Å². The lowest BCUT2D eigenvalue weighted by Crippen LogP contribution is -2.47. The van der Waals surface area contributed by atoms with Crippen LogP contribution >= 0.6 is 0 Å². The van der Waals surface area contributed by atoms with Crippen molar-refractivity contribution in [2.45, 2.75) is 37.5 Å². The molecule has 1 heterocycles. The lowest BCUT2D eigenvalue weighted by molar-refractivity contribution is -0.263. The monoisotopic (exact) mass is 319 g/mol. The molecule has 1 fully saturated rings. The van der Waals surface area contributed by atoms with Gasteiger partial charge >= 0.3 is 11.9 Å². The minimum absolute atomic E-state index is 0.100. The summed E-state index contributed by atoms with van der Waals surface area (Å²) in [4.78, 5) is 45.1. The summed E-state index contributed by atoms with van der Waals surface area (Å²) < 4.78 is 10.1. The number of carboxylic acid groups (broad SMARTS) is 1.